The van der Waals surface area contributed by atoms with Gasteiger partial charge in [-0.05, 0) is 347 Å². The van der Waals surface area contributed by atoms with Crippen LogP contribution in [0.1, 0.15) is 19.8 Å². The maximum Gasteiger partial charge on any atom is 1.00 e. The van der Waals surface area contributed by atoms with Crippen LogP contribution in [0, 0.1) is 6.92 Å². The third-order valence-corrected chi connectivity index (χ3v) is 31.4. The van der Waals surface area contributed by atoms with Crippen molar-refractivity contribution >= 4 is 233 Å². The first kappa shape index (κ1) is 94.9. The molecule has 2 N–H and O–H groups in total. The fourth-order valence-corrected chi connectivity index (χ4v) is 23.7. The minimum atomic E-state index is -1.45. The number of benzene rings is 28. The van der Waals surface area contributed by atoms with E-state index in [1.165, 1.54) is 257 Å². The number of halogens is 3. The van der Waals surface area contributed by atoms with Gasteiger partial charge in [-0.2, -0.15) is 6.42 Å². The molecule has 692 valence electrons. The Kier molecular flexibility index (Phi) is 26.8. The molecule has 0 aliphatic rings. The van der Waals surface area contributed by atoms with Gasteiger partial charge >= 0.3 is 26.0 Å². The molecule has 0 saturated heterocycles. The van der Waals surface area contributed by atoms with Crippen LogP contribution in [0.15, 0.2) is 523 Å². The second kappa shape index (κ2) is 41.5. The van der Waals surface area contributed by atoms with E-state index in [9.17, 15) is 10.0 Å². The summed E-state index contributed by atoms with van der Waals surface area (Å²) in [4.78, 5) is 0. The molecule has 0 radical (unpaired) electrons. The van der Waals surface area contributed by atoms with Crippen LogP contribution in [0.2, 0.25) is 0 Å². The molecule has 0 aliphatic carbocycles. The van der Waals surface area contributed by atoms with Crippen molar-refractivity contribution in [2.45, 2.75) is 19.8 Å². The maximum atomic E-state index is 9.35. The second-order valence-electron chi connectivity index (χ2n) is 37.7. The van der Waals surface area contributed by atoms with E-state index in [0.29, 0.717) is 5.46 Å². The Bertz CT molecular complexity index is 9950. The fourth-order valence-electron chi connectivity index (χ4n) is 22.1. The van der Waals surface area contributed by atoms with Crippen molar-refractivity contribution in [3.63, 3.8) is 0 Å². The van der Waals surface area contributed by atoms with Crippen molar-refractivity contribution in [2.24, 2.45) is 0 Å². The number of unbranched alkanes of at least 4 members (excludes halogenated alkanes) is 1. The Labute approximate surface area is 892 Å². The predicted octanol–water partition coefficient (Wildman–Crippen LogP) is 37.1. The average Bonchev–Trinajstić information content (AvgIpc) is 0.724. The van der Waals surface area contributed by atoms with Gasteiger partial charge in [0.15, 0.2) is 0 Å². The van der Waals surface area contributed by atoms with Crippen LogP contribution in [-0.4, -0.2) is 17.2 Å². The molecule has 0 bridgehead atoms. The molecule has 28 aromatic rings. The monoisotopic (exact) mass is 2060 g/mol. The van der Waals surface area contributed by atoms with Crippen LogP contribution < -0.4 is 24.3 Å². The van der Waals surface area contributed by atoms with E-state index in [0.717, 1.165) is 31.0 Å². The van der Waals surface area contributed by atoms with Gasteiger partial charge in [0.1, 0.15) is 0 Å². The molecular weight excluding hydrogens is 1970 g/mol. The van der Waals surface area contributed by atoms with Gasteiger partial charge in [0, 0.05) is 13.4 Å². The summed E-state index contributed by atoms with van der Waals surface area (Å²) in [5.74, 6) is 0. The normalized spacial score (nSPS) is 11.4. The van der Waals surface area contributed by atoms with Crippen molar-refractivity contribution in [3.05, 3.63) is 530 Å². The Morgan fingerprint density at radius 2 is 0.415 bits per heavy atom. The molecule has 2 nitrogen and oxygen atoms in total. The molecule has 28 rings (SSSR count). The van der Waals surface area contributed by atoms with Gasteiger partial charge < -0.3 is 17.0 Å². The van der Waals surface area contributed by atoms with E-state index in [1.807, 2.05) is 18.2 Å². The molecule has 0 spiro atoms. The van der Waals surface area contributed by atoms with Crippen molar-refractivity contribution < 1.29 is 28.9 Å². The standard InChI is InChI=1S/C68H42.C24H17BO2.C24H15Br.C20H12Br2.C4H9.Li/c1-2-14-43(15-3-1)50-38-39-61-64(40-50)66(49-34-28-47(29-35-49)63-42-52-37-31-45-17-5-7-19-54(45)68(52)58-23-11-9-21-56(58)63)60-25-13-12-24-59(60)65(61)48-32-26-46(27-33-48)62-41-51-36-30-44-16-4-6-18-53(44)67(51)57-22-10-8-20-55(57)62;26-25(27)19-13-11-17(12-14-19)23-15-18-10-9-16-5-1-2-6-20(16)24(18)22-8-4-3-7-21(22)23;25-19-13-11-17(12-14-19)23-15-18-10-9-16-5-1-2-6-20(16)24(18)22-8-4-3-7-21(22)23;21-19-15-8-4-5-9-16(15)20(22)18-12-14(10-11-17(18)19)13-6-2-1-3-7-13;1-3-4-2;/h1-42H;1-15,26-27H;1-15H;1-12H;1,3-4H2,2H3;/q;;;;-1;+1. The summed E-state index contributed by atoms with van der Waals surface area (Å²) in [5.41, 5.74) is 20.0. The van der Waals surface area contributed by atoms with E-state index in [1.54, 1.807) is 12.1 Å². The van der Waals surface area contributed by atoms with Crippen molar-refractivity contribution in [2.75, 3.05) is 0 Å². The van der Waals surface area contributed by atoms with E-state index in [4.69, 9.17) is 0 Å². The van der Waals surface area contributed by atoms with E-state index < -0.39 is 7.12 Å². The van der Waals surface area contributed by atoms with Gasteiger partial charge in [-0.1, -0.05) is 490 Å². The summed E-state index contributed by atoms with van der Waals surface area (Å²) in [6, 6.07) is 184. The van der Waals surface area contributed by atoms with Crippen LogP contribution in [-0.2, 0) is 0 Å². The third kappa shape index (κ3) is 18.0. The molecule has 7 heteroatoms. The average molecular weight is 2070 g/mol. The largest absolute Gasteiger partial charge is 1.00 e. The molecule has 0 amide bonds. The minimum absolute atomic E-state index is 0. The summed E-state index contributed by atoms with van der Waals surface area (Å²) >= 11 is 11.1. The van der Waals surface area contributed by atoms with E-state index in [-0.39, 0.29) is 18.9 Å². The van der Waals surface area contributed by atoms with Crippen LogP contribution >= 0.6 is 47.8 Å². The quantitative estimate of drug-likeness (QED) is 0.0620. The molecule has 0 heterocycles. The van der Waals surface area contributed by atoms with Gasteiger partial charge in [0.05, 0.1) is 0 Å². The molecular formula is C140H95BBr3LiO2. The maximum absolute atomic E-state index is 9.35. The van der Waals surface area contributed by atoms with E-state index in [2.05, 4.69) is 541 Å². The predicted molar refractivity (Wildman–Crippen MR) is 643 cm³/mol. The SMILES string of the molecule is Brc1c2ccccc2c(Br)c2cc(-c3ccccc3)ccc12.Brc1ccc(-c2cc3ccc4ccccc4c3c3ccccc23)cc1.OB(O)c1ccc(-c2cc3ccc4ccccc4c3c3ccccc23)cc1.[CH2-]CCC.[Li+].c1ccc(-c2ccc3c(-c4ccc(-c5cc6ccc7ccccc7c6c6ccccc56)cc4)c4ccccc4c(-c4ccc(-c5cc6ccc7ccccc7c6c6ccccc56)cc4)c3c2)cc1. The van der Waals surface area contributed by atoms with E-state index >= 15 is 0 Å². The van der Waals surface area contributed by atoms with Crippen LogP contribution in [0.5, 0.6) is 0 Å². The van der Waals surface area contributed by atoms with Crippen molar-refractivity contribution in [3.8, 4) is 89.0 Å². The minimum Gasteiger partial charge on any atom is -0.423 e. The first-order valence-corrected chi connectivity index (χ1v) is 52.3. The van der Waals surface area contributed by atoms with Gasteiger partial charge in [-0.25, -0.2) is 0 Å². The molecule has 0 saturated carbocycles. The van der Waals surface area contributed by atoms with Gasteiger partial charge in [0.2, 0.25) is 0 Å². The zero-order valence-electron chi connectivity index (χ0n) is 81.2. The molecule has 0 unspecified atom stereocenters. The summed E-state index contributed by atoms with van der Waals surface area (Å²) in [6.45, 7) is 5.72. The Morgan fingerprint density at radius 1 is 0.190 bits per heavy atom. The first-order valence-electron chi connectivity index (χ1n) is 49.9. The summed E-state index contributed by atoms with van der Waals surface area (Å²) in [7, 11) is -1.45. The van der Waals surface area contributed by atoms with Crippen LogP contribution in [0.4, 0.5) is 0 Å². The van der Waals surface area contributed by atoms with Gasteiger partial charge in [-0.3, -0.25) is 0 Å². The summed E-state index contributed by atoms with van der Waals surface area (Å²) < 4.78 is 3.41. The van der Waals surface area contributed by atoms with Crippen LogP contribution in [0.25, 0.3) is 261 Å². The number of hydrogen-bond acceptors (Lipinski definition) is 2. The second-order valence-corrected chi connectivity index (χ2v) is 40.2. The number of fused-ring (bicyclic) bond motifs is 24. The third-order valence-electron chi connectivity index (χ3n) is 29.1. The van der Waals surface area contributed by atoms with Crippen molar-refractivity contribution in [1.82, 2.24) is 0 Å². The first-order chi connectivity index (χ1) is 71.9. The molecule has 0 aromatic heterocycles. The van der Waals surface area contributed by atoms with Crippen LogP contribution in [0.3, 0.4) is 0 Å². The number of rotatable bonds is 10. The molecule has 147 heavy (non-hydrogen) atoms. The Hall–Kier alpha value is -15.7. The zero-order valence-corrected chi connectivity index (χ0v) is 86.0. The summed E-state index contributed by atoms with van der Waals surface area (Å²) in [6.07, 6.45) is 2.28. The smallest absolute Gasteiger partial charge is 0.423 e. The Morgan fingerprint density at radius 3 is 0.741 bits per heavy atom. The van der Waals surface area contributed by atoms with Gasteiger partial charge in [-0.15, -0.1) is 0 Å². The topological polar surface area (TPSA) is 40.5 Å². The van der Waals surface area contributed by atoms with Crippen molar-refractivity contribution in [1.29, 1.82) is 0 Å². The summed E-state index contributed by atoms with van der Waals surface area (Å²) in [5, 5.41) is 59.2. The molecule has 0 fully saturated rings. The Balaban J connectivity index is 0.000000123. The molecule has 28 aromatic carbocycles. The fraction of sp³-hybridized carbons (Fsp3) is 0.0214. The molecule has 0 atom stereocenters. The van der Waals surface area contributed by atoms with Gasteiger partial charge in [0.25, 0.3) is 0 Å². The zero-order chi connectivity index (χ0) is 98.4. The number of hydrogen-bond donors (Lipinski definition) is 2. The molecule has 0 aliphatic heterocycles.